The van der Waals surface area contributed by atoms with Gasteiger partial charge in [0.25, 0.3) is 0 Å². The van der Waals surface area contributed by atoms with Crippen molar-refractivity contribution in [1.82, 2.24) is 0 Å². The van der Waals surface area contributed by atoms with Crippen molar-refractivity contribution < 1.29 is 9.59 Å². The van der Waals surface area contributed by atoms with Crippen molar-refractivity contribution in [3.63, 3.8) is 0 Å². The van der Waals surface area contributed by atoms with Gasteiger partial charge >= 0.3 is 0 Å². The molecule has 0 N–H and O–H groups in total. The van der Waals surface area contributed by atoms with Gasteiger partial charge in [-0.15, -0.1) is 0 Å². The predicted molar refractivity (Wildman–Crippen MR) is 151 cm³/mol. The van der Waals surface area contributed by atoms with Gasteiger partial charge in [-0.1, -0.05) is 155 Å². The van der Waals surface area contributed by atoms with Gasteiger partial charge in [0.05, 0.1) is 0 Å². The van der Waals surface area contributed by atoms with Crippen LogP contribution in [-0.2, 0) is 9.59 Å². The summed E-state index contributed by atoms with van der Waals surface area (Å²) in [5.41, 5.74) is 0. The van der Waals surface area contributed by atoms with Crippen LogP contribution >= 0.6 is 0 Å². The van der Waals surface area contributed by atoms with Crippen molar-refractivity contribution in [2.75, 3.05) is 0 Å². The number of unbranched alkanes of at least 4 members (excludes halogenated alkanes) is 25. The van der Waals surface area contributed by atoms with Crippen LogP contribution in [0.2, 0.25) is 0 Å². The smallest absolute Gasteiger partial charge is 0.132 e. The van der Waals surface area contributed by atoms with E-state index in [0.717, 1.165) is 38.4 Å². The molecule has 0 saturated carbocycles. The maximum atomic E-state index is 12.0. The maximum Gasteiger partial charge on any atom is 0.132 e. The second kappa shape index (κ2) is 30.4. The van der Waals surface area contributed by atoms with Crippen LogP contribution in [0.4, 0.5) is 0 Å². The number of aldehydes is 1. The van der Waals surface area contributed by atoms with Crippen LogP contribution in [0, 0.1) is 0 Å². The summed E-state index contributed by atoms with van der Waals surface area (Å²) < 4.78 is 0. The second-order valence-electron chi connectivity index (χ2n) is 10.8. The van der Waals surface area contributed by atoms with Crippen molar-refractivity contribution in [1.29, 1.82) is 0 Å². The second-order valence-corrected chi connectivity index (χ2v) is 10.8. The molecule has 34 heavy (non-hydrogen) atoms. The fourth-order valence-electron chi connectivity index (χ4n) is 4.96. The molecule has 0 bridgehead atoms. The van der Waals surface area contributed by atoms with Crippen molar-refractivity contribution in [3.8, 4) is 0 Å². The molecule has 0 amide bonds. The highest BCUT2D eigenvalue weighted by molar-refractivity contribution is 5.78. The summed E-state index contributed by atoms with van der Waals surface area (Å²) in [6, 6.07) is 0. The highest BCUT2D eigenvalue weighted by Crippen LogP contribution is 2.15. The average molecular weight is 479 g/mol. The third-order valence-corrected chi connectivity index (χ3v) is 7.34. The highest BCUT2D eigenvalue weighted by Gasteiger charge is 2.02. The number of Topliss-reactive ketones (excluding diaryl/α,β-unsaturated/α-hetero) is 1. The molecule has 0 aromatic heterocycles. The van der Waals surface area contributed by atoms with Crippen LogP contribution in [-0.4, -0.2) is 12.1 Å². The molecule has 0 spiro atoms. The van der Waals surface area contributed by atoms with Gasteiger partial charge in [0.2, 0.25) is 0 Å². The van der Waals surface area contributed by atoms with E-state index in [0.29, 0.717) is 12.2 Å². The molecule has 0 aliphatic rings. The van der Waals surface area contributed by atoms with E-state index < -0.39 is 0 Å². The Hall–Kier alpha value is -0.660. The first-order chi connectivity index (χ1) is 16.8. The zero-order valence-electron chi connectivity index (χ0n) is 23.4. The third-order valence-electron chi connectivity index (χ3n) is 7.34. The molecular formula is C32H62O2. The summed E-state index contributed by atoms with van der Waals surface area (Å²) in [6.45, 7) is 2.29. The van der Waals surface area contributed by atoms with E-state index in [1.165, 1.54) is 148 Å². The first-order valence-corrected chi connectivity index (χ1v) is 15.8. The lowest BCUT2D eigenvalue weighted by Gasteiger charge is -2.04. The largest absolute Gasteiger partial charge is 0.303 e. The Morgan fingerprint density at radius 1 is 0.412 bits per heavy atom. The van der Waals surface area contributed by atoms with Crippen molar-refractivity contribution in [3.05, 3.63) is 0 Å². The van der Waals surface area contributed by atoms with E-state index in [1.54, 1.807) is 0 Å². The van der Waals surface area contributed by atoms with Crippen LogP contribution in [0.5, 0.6) is 0 Å². The molecule has 0 rings (SSSR count). The van der Waals surface area contributed by atoms with Crippen molar-refractivity contribution >= 4 is 12.1 Å². The van der Waals surface area contributed by atoms with Crippen molar-refractivity contribution in [2.24, 2.45) is 0 Å². The van der Waals surface area contributed by atoms with E-state index in [1.807, 2.05) is 0 Å². The highest BCUT2D eigenvalue weighted by atomic mass is 16.1. The molecule has 0 aliphatic carbocycles. The van der Waals surface area contributed by atoms with Gasteiger partial charge in [-0.05, 0) is 19.3 Å². The van der Waals surface area contributed by atoms with Crippen LogP contribution in [0.25, 0.3) is 0 Å². The summed E-state index contributed by atoms with van der Waals surface area (Å²) in [5.74, 6) is 0.484. The number of rotatable bonds is 30. The monoisotopic (exact) mass is 478 g/mol. The third kappa shape index (κ3) is 29.4. The summed E-state index contributed by atoms with van der Waals surface area (Å²) in [5, 5.41) is 0. The van der Waals surface area contributed by atoms with Gasteiger partial charge in [0.1, 0.15) is 12.1 Å². The molecule has 0 saturated heterocycles. The van der Waals surface area contributed by atoms with E-state index >= 15 is 0 Å². The van der Waals surface area contributed by atoms with Gasteiger partial charge in [0, 0.05) is 19.3 Å². The quantitative estimate of drug-likeness (QED) is 0.0759. The molecule has 0 radical (unpaired) electrons. The molecule has 202 valence electrons. The fourth-order valence-corrected chi connectivity index (χ4v) is 4.96. The molecule has 0 aliphatic heterocycles. The van der Waals surface area contributed by atoms with Crippen molar-refractivity contribution in [2.45, 2.75) is 193 Å². The first-order valence-electron chi connectivity index (χ1n) is 15.8. The summed E-state index contributed by atoms with van der Waals surface area (Å²) >= 11 is 0. The van der Waals surface area contributed by atoms with E-state index in [-0.39, 0.29) is 0 Å². The zero-order chi connectivity index (χ0) is 24.8. The normalized spacial score (nSPS) is 11.2. The average Bonchev–Trinajstić information content (AvgIpc) is 2.84. The summed E-state index contributed by atoms with van der Waals surface area (Å²) in [4.78, 5) is 22.3. The Morgan fingerprint density at radius 3 is 0.971 bits per heavy atom. The standard InChI is InChI=1S/C32H62O2/c1-2-3-4-5-6-7-8-9-10-11-12-13-14-15-16-17-20-23-26-29-32(34)30-27-24-21-18-19-22-25-28-31-33/h31H,2-30H2,1H3. The Bertz CT molecular complexity index is 404. The summed E-state index contributed by atoms with van der Waals surface area (Å²) in [7, 11) is 0. The lowest BCUT2D eigenvalue weighted by atomic mass is 10.0. The number of carbonyl (C=O) groups excluding carboxylic acids is 2. The van der Waals surface area contributed by atoms with Gasteiger partial charge in [-0.3, -0.25) is 4.79 Å². The molecule has 0 atom stereocenters. The van der Waals surface area contributed by atoms with Gasteiger partial charge < -0.3 is 4.79 Å². The molecule has 0 aromatic rings. The summed E-state index contributed by atoms with van der Waals surface area (Å²) in [6.07, 6.45) is 38.1. The van der Waals surface area contributed by atoms with Crippen LogP contribution in [0.3, 0.4) is 0 Å². The molecule has 2 nitrogen and oxygen atoms in total. The molecular weight excluding hydrogens is 416 g/mol. The molecule has 0 heterocycles. The minimum absolute atomic E-state index is 0.484. The Kier molecular flexibility index (Phi) is 29.8. The van der Waals surface area contributed by atoms with Crippen LogP contribution in [0.1, 0.15) is 193 Å². The topological polar surface area (TPSA) is 34.1 Å². The zero-order valence-corrected chi connectivity index (χ0v) is 23.4. The van der Waals surface area contributed by atoms with Crippen LogP contribution in [0.15, 0.2) is 0 Å². The lowest BCUT2D eigenvalue weighted by molar-refractivity contribution is -0.119. The number of hydrogen-bond donors (Lipinski definition) is 0. The molecule has 0 unspecified atom stereocenters. The molecule has 0 fully saturated rings. The minimum Gasteiger partial charge on any atom is -0.303 e. The minimum atomic E-state index is 0.484. The Morgan fingerprint density at radius 2 is 0.676 bits per heavy atom. The number of hydrogen-bond acceptors (Lipinski definition) is 2. The molecule has 2 heteroatoms. The lowest BCUT2D eigenvalue weighted by Crippen LogP contribution is -1.97. The Balaban J connectivity index is 3.12. The van der Waals surface area contributed by atoms with E-state index in [2.05, 4.69) is 6.92 Å². The number of ketones is 1. The van der Waals surface area contributed by atoms with Crippen LogP contribution < -0.4 is 0 Å². The maximum absolute atomic E-state index is 12.0. The van der Waals surface area contributed by atoms with E-state index in [9.17, 15) is 9.59 Å². The number of carbonyl (C=O) groups is 2. The first kappa shape index (κ1) is 33.3. The fraction of sp³-hybridized carbons (Fsp3) is 0.938. The Labute approximate surface area is 214 Å². The SMILES string of the molecule is CCCCCCCCCCCCCCCCCCCCCC(=O)CCCCCCCCCC=O. The predicted octanol–water partition coefficient (Wildman–Crippen LogP) is 11.1. The van der Waals surface area contributed by atoms with Gasteiger partial charge in [-0.25, -0.2) is 0 Å². The van der Waals surface area contributed by atoms with Gasteiger partial charge in [0.15, 0.2) is 0 Å². The molecule has 0 aromatic carbocycles. The van der Waals surface area contributed by atoms with Gasteiger partial charge in [-0.2, -0.15) is 0 Å². The van der Waals surface area contributed by atoms with E-state index in [4.69, 9.17) is 0 Å².